The molecule has 3 rings (SSSR count). The minimum Gasteiger partial charge on any atom is -0.397 e. The van der Waals surface area contributed by atoms with Crippen LogP contribution >= 0.6 is 0 Å². The molecule has 1 aromatic carbocycles. The molecule has 0 aliphatic carbocycles. The highest BCUT2D eigenvalue weighted by atomic mass is 16.5. The Morgan fingerprint density at radius 2 is 2.00 bits per heavy atom. The largest absolute Gasteiger partial charge is 0.397 e. The van der Waals surface area contributed by atoms with E-state index in [0.29, 0.717) is 54.9 Å². The number of para-hydroxylation sites is 1. The molecule has 1 aromatic heterocycles. The van der Waals surface area contributed by atoms with Crippen LogP contribution in [0.2, 0.25) is 0 Å². The molecule has 2 aromatic rings. The van der Waals surface area contributed by atoms with Crippen molar-refractivity contribution in [2.75, 3.05) is 43.1 Å². The highest BCUT2D eigenvalue weighted by Crippen LogP contribution is 2.23. The summed E-state index contributed by atoms with van der Waals surface area (Å²) in [4.78, 5) is 13.1. The van der Waals surface area contributed by atoms with Gasteiger partial charge in [0.25, 0.3) is 0 Å². The molecular formula is C20H24N8O. The second-order valence-electron chi connectivity index (χ2n) is 6.17. The predicted molar refractivity (Wildman–Crippen MR) is 119 cm³/mol. The van der Waals surface area contributed by atoms with Crippen molar-refractivity contribution in [3.8, 4) is 0 Å². The topological polar surface area (TPSA) is 147 Å². The van der Waals surface area contributed by atoms with Gasteiger partial charge in [0.15, 0.2) is 0 Å². The Kier molecular flexibility index (Phi) is 6.90. The Labute approximate surface area is 169 Å². The van der Waals surface area contributed by atoms with Crippen molar-refractivity contribution in [2.24, 2.45) is 9.98 Å². The van der Waals surface area contributed by atoms with Gasteiger partial charge in [0.05, 0.1) is 49.7 Å². The van der Waals surface area contributed by atoms with Gasteiger partial charge >= 0.3 is 0 Å². The smallest absolute Gasteiger partial charge is 0.127 e. The molecule has 0 atom stereocenters. The van der Waals surface area contributed by atoms with Crippen molar-refractivity contribution in [1.29, 1.82) is 5.41 Å². The average molecular weight is 392 g/mol. The zero-order chi connectivity index (χ0) is 20.5. The summed E-state index contributed by atoms with van der Waals surface area (Å²) in [5.74, 6) is 0.996. The van der Waals surface area contributed by atoms with Crippen molar-refractivity contribution >= 4 is 41.3 Å². The number of benzene rings is 1. The lowest BCUT2D eigenvalue weighted by atomic mass is 10.1. The van der Waals surface area contributed by atoms with Gasteiger partial charge in [-0.1, -0.05) is 12.1 Å². The summed E-state index contributed by atoms with van der Waals surface area (Å²) in [6, 6.07) is 8.97. The molecule has 7 N–H and O–H groups in total. The first-order chi connectivity index (χ1) is 14.2. The number of aliphatic imine (C=N–C) groups is 2. The average Bonchev–Trinajstić information content (AvgIpc) is 2.72. The molecule has 0 radical (unpaired) electrons. The van der Waals surface area contributed by atoms with E-state index in [0.717, 1.165) is 11.3 Å². The van der Waals surface area contributed by atoms with Gasteiger partial charge < -0.3 is 32.2 Å². The maximum Gasteiger partial charge on any atom is 0.127 e. The van der Waals surface area contributed by atoms with Crippen LogP contribution in [0, 0.1) is 5.41 Å². The maximum atomic E-state index is 7.64. The van der Waals surface area contributed by atoms with Crippen LogP contribution in [0.3, 0.4) is 0 Å². The minimum absolute atomic E-state index is 0.438. The lowest BCUT2D eigenvalue weighted by Crippen LogP contribution is -2.19. The van der Waals surface area contributed by atoms with Crippen LogP contribution in [0.1, 0.15) is 11.1 Å². The van der Waals surface area contributed by atoms with Gasteiger partial charge in [-0.2, -0.15) is 0 Å². The predicted octanol–water partition coefficient (Wildman–Crippen LogP) is 1.74. The van der Waals surface area contributed by atoms with E-state index < -0.39 is 0 Å². The van der Waals surface area contributed by atoms with Crippen molar-refractivity contribution in [2.45, 2.75) is 0 Å². The second-order valence-corrected chi connectivity index (χ2v) is 6.17. The number of ether oxygens (including phenoxy) is 1. The van der Waals surface area contributed by atoms with Crippen LogP contribution in [-0.4, -0.2) is 49.7 Å². The number of anilines is 3. The van der Waals surface area contributed by atoms with Crippen molar-refractivity contribution in [1.82, 2.24) is 10.3 Å². The number of pyridine rings is 1. The molecule has 0 spiro atoms. The molecule has 0 amide bonds. The first-order valence-electron chi connectivity index (χ1n) is 9.14. The van der Waals surface area contributed by atoms with Gasteiger partial charge in [-0.15, -0.1) is 0 Å². The Hall–Kier alpha value is -3.72. The first-order valence-corrected chi connectivity index (χ1v) is 9.14. The van der Waals surface area contributed by atoms with Gasteiger partial charge in [0.1, 0.15) is 11.7 Å². The summed E-state index contributed by atoms with van der Waals surface area (Å²) in [6.45, 7) is 2.01. The molecule has 0 bridgehead atoms. The Morgan fingerprint density at radius 3 is 2.79 bits per heavy atom. The van der Waals surface area contributed by atoms with E-state index in [2.05, 4.69) is 25.6 Å². The molecule has 0 unspecified atom stereocenters. The summed E-state index contributed by atoms with van der Waals surface area (Å²) < 4.78 is 5.52. The van der Waals surface area contributed by atoms with E-state index in [-0.39, 0.29) is 0 Å². The Bertz CT molecular complexity index is 934. The third-order valence-corrected chi connectivity index (χ3v) is 4.11. The van der Waals surface area contributed by atoms with E-state index in [1.165, 1.54) is 6.21 Å². The zero-order valence-corrected chi connectivity index (χ0v) is 15.9. The van der Waals surface area contributed by atoms with Crippen LogP contribution < -0.4 is 22.1 Å². The van der Waals surface area contributed by atoms with Gasteiger partial charge in [-0.25, -0.2) is 4.98 Å². The summed E-state index contributed by atoms with van der Waals surface area (Å²) in [7, 11) is 0. The molecule has 2 heterocycles. The lowest BCUT2D eigenvalue weighted by Gasteiger charge is -2.15. The number of aromatic nitrogens is 1. The van der Waals surface area contributed by atoms with Gasteiger partial charge in [0.2, 0.25) is 0 Å². The highest BCUT2D eigenvalue weighted by molar-refractivity contribution is 6.11. The number of nitrogens with zero attached hydrogens (tertiary/aromatic N) is 3. The van der Waals surface area contributed by atoms with Crippen LogP contribution in [0.5, 0.6) is 0 Å². The summed E-state index contributed by atoms with van der Waals surface area (Å²) >= 11 is 0. The summed E-state index contributed by atoms with van der Waals surface area (Å²) in [5, 5.41) is 14.1. The number of amidine groups is 1. The van der Waals surface area contributed by atoms with E-state index in [1.807, 2.05) is 18.2 Å². The molecular weight excluding hydrogens is 368 g/mol. The number of nitrogens with one attached hydrogen (secondary N) is 3. The van der Waals surface area contributed by atoms with E-state index in [9.17, 15) is 0 Å². The fourth-order valence-electron chi connectivity index (χ4n) is 2.64. The van der Waals surface area contributed by atoms with E-state index >= 15 is 0 Å². The molecule has 0 saturated heterocycles. The molecule has 0 saturated carbocycles. The van der Waals surface area contributed by atoms with E-state index in [1.54, 1.807) is 30.7 Å². The Morgan fingerprint density at radius 1 is 1.14 bits per heavy atom. The van der Waals surface area contributed by atoms with Crippen molar-refractivity contribution < 1.29 is 4.74 Å². The Balaban J connectivity index is 2.00. The fourth-order valence-corrected chi connectivity index (χ4v) is 2.64. The quantitative estimate of drug-likeness (QED) is 0.397. The second kappa shape index (κ2) is 10.00. The molecule has 0 fully saturated rings. The molecule has 9 heteroatoms. The van der Waals surface area contributed by atoms with Gasteiger partial charge in [-0.3, -0.25) is 9.98 Å². The minimum atomic E-state index is 0.438. The maximum absolute atomic E-state index is 7.64. The van der Waals surface area contributed by atoms with Crippen molar-refractivity contribution in [3.63, 3.8) is 0 Å². The highest BCUT2D eigenvalue weighted by Gasteiger charge is 2.09. The normalized spacial score (nSPS) is 17.0. The zero-order valence-electron chi connectivity index (χ0n) is 15.9. The number of nitrogens with two attached hydrogens (primary N) is 2. The van der Waals surface area contributed by atoms with Crippen LogP contribution in [0.15, 0.2) is 52.6 Å². The molecule has 1 aliphatic heterocycles. The molecule has 9 nitrogen and oxygen atoms in total. The standard InChI is InChI=1S/C20H24N8O/c21-11-14-2-1-3-16(22)20(14)28-19-10-17(15-4-5-18(23)26-12-15)27-13-24-6-8-29-9-7-25-19/h1-5,10-13,21H,6-9,22H2,(H2,23,26)(H,24,27)(H,25,28)/b17-10-,21-11?. The number of hydrogen-bond acceptors (Lipinski definition) is 9. The fraction of sp³-hybridized carbons (Fsp3) is 0.200. The lowest BCUT2D eigenvalue weighted by molar-refractivity contribution is 0.150. The molecule has 29 heavy (non-hydrogen) atoms. The number of rotatable bonds is 3. The third-order valence-electron chi connectivity index (χ3n) is 4.11. The van der Waals surface area contributed by atoms with Crippen LogP contribution in [0.25, 0.3) is 5.70 Å². The van der Waals surface area contributed by atoms with Crippen molar-refractivity contribution in [3.05, 3.63) is 53.7 Å². The summed E-state index contributed by atoms with van der Waals surface area (Å²) in [5.41, 5.74) is 15.2. The summed E-state index contributed by atoms with van der Waals surface area (Å²) in [6.07, 6.45) is 6.37. The molecule has 1 aliphatic rings. The first kappa shape index (κ1) is 20.0. The number of nitrogen functional groups attached to an aromatic ring is 2. The van der Waals surface area contributed by atoms with Crippen LogP contribution in [-0.2, 0) is 4.74 Å². The number of hydrogen-bond donors (Lipinski definition) is 5. The van der Waals surface area contributed by atoms with E-state index in [4.69, 9.17) is 21.6 Å². The third kappa shape index (κ3) is 5.63. The van der Waals surface area contributed by atoms with Crippen LogP contribution in [0.4, 0.5) is 17.2 Å². The SMILES string of the molecule is N=Cc1cccc(N)c1NC1=NCCOCCN=CN/C(c2ccc(N)nc2)=C\1. The molecule has 150 valence electrons. The van der Waals surface area contributed by atoms with Gasteiger partial charge in [0, 0.05) is 29.6 Å². The monoisotopic (exact) mass is 392 g/mol. The van der Waals surface area contributed by atoms with Gasteiger partial charge in [-0.05, 0) is 18.2 Å².